The Morgan fingerprint density at radius 3 is 2.48 bits per heavy atom. The van der Waals surface area contributed by atoms with Gasteiger partial charge in [0.2, 0.25) is 5.95 Å². The van der Waals surface area contributed by atoms with Crippen LogP contribution in [-0.2, 0) is 12.6 Å². The third-order valence-corrected chi connectivity index (χ3v) is 2.70. The van der Waals surface area contributed by atoms with Crippen molar-refractivity contribution in [3.63, 3.8) is 0 Å². The van der Waals surface area contributed by atoms with Gasteiger partial charge in [0.25, 0.3) is 0 Å². The van der Waals surface area contributed by atoms with E-state index < -0.39 is 17.6 Å². The van der Waals surface area contributed by atoms with Gasteiger partial charge in [0, 0.05) is 12.0 Å². The van der Waals surface area contributed by atoms with Crippen LogP contribution in [-0.4, -0.2) is 15.0 Å². The Hall–Kier alpha value is -2.25. The number of hydrogen-bond acceptors (Lipinski definition) is 4. The largest absolute Gasteiger partial charge is 0.417 e. The highest BCUT2D eigenvalue weighted by Gasteiger charge is 2.35. The molecule has 0 aliphatic carbocycles. The zero-order valence-electron chi connectivity index (χ0n) is 11.1. The lowest BCUT2D eigenvalue weighted by atomic mass is 10.1. The second-order valence-electron chi connectivity index (χ2n) is 4.37. The molecule has 4 nitrogen and oxygen atoms in total. The number of anilines is 1. The van der Waals surface area contributed by atoms with Crippen molar-refractivity contribution in [2.45, 2.75) is 25.9 Å². The van der Waals surface area contributed by atoms with Gasteiger partial charge in [-0.05, 0) is 24.6 Å². The molecular weight excluding hydrogens is 288 g/mol. The molecule has 0 bridgehead atoms. The van der Waals surface area contributed by atoms with Crippen LogP contribution < -0.4 is 5.73 Å². The van der Waals surface area contributed by atoms with Crippen LogP contribution in [0.25, 0.3) is 11.4 Å². The number of nitrogens with zero attached hydrogens (tertiary/aromatic N) is 3. The molecule has 8 heteroatoms. The summed E-state index contributed by atoms with van der Waals surface area (Å²) < 4.78 is 52.1. The Morgan fingerprint density at radius 1 is 1.14 bits per heavy atom. The highest BCUT2D eigenvalue weighted by molar-refractivity contribution is 5.62. The third kappa shape index (κ3) is 3.45. The quantitative estimate of drug-likeness (QED) is 0.884. The first-order valence-electron chi connectivity index (χ1n) is 6.18. The molecule has 21 heavy (non-hydrogen) atoms. The molecule has 2 N–H and O–H groups in total. The summed E-state index contributed by atoms with van der Waals surface area (Å²) in [6.45, 7) is 1.87. The zero-order chi connectivity index (χ0) is 15.6. The lowest BCUT2D eigenvalue weighted by Crippen LogP contribution is -2.11. The lowest BCUT2D eigenvalue weighted by molar-refractivity contribution is -0.137. The number of alkyl halides is 3. The van der Waals surface area contributed by atoms with Crippen LogP contribution in [0, 0.1) is 5.82 Å². The summed E-state index contributed by atoms with van der Waals surface area (Å²) in [5.74, 6) is -1.06. The maximum Gasteiger partial charge on any atom is 0.417 e. The Kier molecular flexibility index (Phi) is 4.06. The van der Waals surface area contributed by atoms with Crippen molar-refractivity contribution in [3.05, 3.63) is 35.4 Å². The molecule has 0 aliphatic rings. The normalized spacial score (nSPS) is 11.7. The summed E-state index contributed by atoms with van der Waals surface area (Å²) in [7, 11) is 0. The second kappa shape index (κ2) is 5.63. The molecule has 1 aromatic heterocycles. The molecule has 0 saturated carbocycles. The molecule has 0 spiro atoms. The Labute approximate surface area is 118 Å². The summed E-state index contributed by atoms with van der Waals surface area (Å²) in [5, 5.41) is 0. The minimum Gasteiger partial charge on any atom is -0.368 e. The number of nitrogens with two attached hydrogens (primary N) is 1. The van der Waals surface area contributed by atoms with Gasteiger partial charge >= 0.3 is 6.18 Å². The standard InChI is InChI=1S/C13H12F4N4/c1-2-3-10-19-11(21-12(18)20-10)8-5-4-7(14)6-9(8)13(15,16)17/h4-6H,2-3H2,1H3,(H2,18,19,20,21). The fourth-order valence-corrected chi connectivity index (χ4v) is 1.84. The van der Waals surface area contributed by atoms with E-state index in [0.717, 1.165) is 12.1 Å². The Balaban J connectivity index is 2.61. The van der Waals surface area contributed by atoms with E-state index in [1.807, 2.05) is 6.92 Å². The van der Waals surface area contributed by atoms with E-state index in [0.29, 0.717) is 24.7 Å². The minimum absolute atomic E-state index is 0.166. The SMILES string of the molecule is CCCc1nc(N)nc(-c2ccc(F)cc2C(F)(F)F)n1. The number of aromatic nitrogens is 3. The van der Waals surface area contributed by atoms with E-state index >= 15 is 0 Å². The van der Waals surface area contributed by atoms with Crippen LogP contribution in [0.5, 0.6) is 0 Å². The highest BCUT2D eigenvalue weighted by Crippen LogP contribution is 2.36. The fraction of sp³-hybridized carbons (Fsp3) is 0.308. The first kappa shape index (κ1) is 15.1. The van der Waals surface area contributed by atoms with Crippen molar-refractivity contribution in [1.29, 1.82) is 0 Å². The maximum atomic E-state index is 13.1. The van der Waals surface area contributed by atoms with E-state index in [1.165, 1.54) is 0 Å². The van der Waals surface area contributed by atoms with Gasteiger partial charge in [-0.1, -0.05) is 6.92 Å². The molecule has 2 rings (SSSR count). The third-order valence-electron chi connectivity index (χ3n) is 2.70. The first-order chi connectivity index (χ1) is 9.81. The van der Waals surface area contributed by atoms with Gasteiger partial charge in [-0.2, -0.15) is 23.1 Å². The fourth-order valence-electron chi connectivity index (χ4n) is 1.84. The highest BCUT2D eigenvalue weighted by atomic mass is 19.4. The van der Waals surface area contributed by atoms with Crippen molar-refractivity contribution in [1.82, 2.24) is 15.0 Å². The van der Waals surface area contributed by atoms with E-state index in [1.54, 1.807) is 0 Å². The van der Waals surface area contributed by atoms with Crippen LogP contribution in [0.3, 0.4) is 0 Å². The number of benzene rings is 1. The summed E-state index contributed by atoms with van der Waals surface area (Å²) in [6, 6.07) is 2.32. The summed E-state index contributed by atoms with van der Waals surface area (Å²) in [4.78, 5) is 11.6. The Bertz CT molecular complexity index is 655. The number of hydrogen-bond donors (Lipinski definition) is 1. The van der Waals surface area contributed by atoms with E-state index in [9.17, 15) is 17.6 Å². The Morgan fingerprint density at radius 2 is 1.86 bits per heavy atom. The van der Waals surface area contributed by atoms with Crippen molar-refractivity contribution < 1.29 is 17.6 Å². The van der Waals surface area contributed by atoms with Crippen LogP contribution in [0.2, 0.25) is 0 Å². The van der Waals surface area contributed by atoms with Crippen molar-refractivity contribution >= 4 is 5.95 Å². The average Bonchev–Trinajstić information content (AvgIpc) is 2.37. The molecule has 0 aliphatic heterocycles. The monoisotopic (exact) mass is 300 g/mol. The predicted octanol–water partition coefficient (Wildman–Crippen LogP) is 3.23. The van der Waals surface area contributed by atoms with E-state index in [4.69, 9.17) is 5.73 Å². The second-order valence-corrected chi connectivity index (χ2v) is 4.37. The van der Waals surface area contributed by atoms with Crippen LogP contribution in [0.4, 0.5) is 23.5 Å². The molecule has 112 valence electrons. The van der Waals surface area contributed by atoms with Gasteiger partial charge in [0.05, 0.1) is 5.56 Å². The molecule has 0 radical (unpaired) electrons. The van der Waals surface area contributed by atoms with E-state index in [2.05, 4.69) is 15.0 Å². The van der Waals surface area contributed by atoms with Gasteiger partial charge in [-0.25, -0.2) is 9.37 Å². The van der Waals surface area contributed by atoms with Crippen molar-refractivity contribution in [2.24, 2.45) is 0 Å². The molecular formula is C13H12F4N4. The minimum atomic E-state index is -4.72. The molecule has 0 amide bonds. The van der Waals surface area contributed by atoms with Gasteiger partial charge in [-0.15, -0.1) is 0 Å². The molecule has 1 aromatic carbocycles. The van der Waals surface area contributed by atoms with Gasteiger partial charge < -0.3 is 5.73 Å². The van der Waals surface area contributed by atoms with E-state index in [-0.39, 0.29) is 17.3 Å². The zero-order valence-corrected chi connectivity index (χ0v) is 11.1. The van der Waals surface area contributed by atoms with Crippen LogP contribution in [0.1, 0.15) is 24.7 Å². The van der Waals surface area contributed by atoms with Gasteiger partial charge in [0.1, 0.15) is 11.6 Å². The van der Waals surface area contributed by atoms with Gasteiger partial charge in [0.15, 0.2) is 5.82 Å². The lowest BCUT2D eigenvalue weighted by Gasteiger charge is -2.12. The summed E-state index contributed by atoms with van der Waals surface area (Å²) >= 11 is 0. The number of rotatable bonds is 3. The maximum absolute atomic E-state index is 13.1. The average molecular weight is 300 g/mol. The van der Waals surface area contributed by atoms with Crippen LogP contribution >= 0.6 is 0 Å². The molecule has 0 atom stereocenters. The molecule has 0 saturated heterocycles. The molecule has 1 heterocycles. The van der Waals surface area contributed by atoms with Crippen molar-refractivity contribution in [3.8, 4) is 11.4 Å². The summed E-state index contributed by atoms with van der Waals surface area (Å²) in [5.41, 5.74) is 4.03. The van der Waals surface area contributed by atoms with Gasteiger partial charge in [-0.3, -0.25) is 0 Å². The smallest absolute Gasteiger partial charge is 0.368 e. The molecule has 2 aromatic rings. The summed E-state index contributed by atoms with van der Waals surface area (Å²) in [6.07, 6.45) is -3.55. The van der Waals surface area contributed by atoms with Crippen molar-refractivity contribution in [2.75, 3.05) is 5.73 Å². The number of nitrogen functional groups attached to an aromatic ring is 1. The first-order valence-corrected chi connectivity index (χ1v) is 6.18. The number of halogens is 4. The molecule has 0 fully saturated rings. The topological polar surface area (TPSA) is 64.7 Å². The number of aryl methyl sites for hydroxylation is 1. The molecule has 0 unspecified atom stereocenters. The van der Waals surface area contributed by atoms with Crippen LogP contribution in [0.15, 0.2) is 18.2 Å². The predicted molar refractivity (Wildman–Crippen MR) is 68.6 cm³/mol.